The molecule has 0 aliphatic carbocycles. The Morgan fingerprint density at radius 1 is 0.810 bits per heavy atom. The number of hydrogen-bond acceptors (Lipinski definition) is 2. The first-order valence-corrected chi connectivity index (χ1v) is 7.39. The van der Waals surface area contributed by atoms with Gasteiger partial charge in [-0.15, -0.1) is 0 Å². The highest BCUT2D eigenvalue weighted by Crippen LogP contribution is 2.22. The van der Waals surface area contributed by atoms with E-state index in [1.54, 1.807) is 0 Å². The van der Waals surface area contributed by atoms with Crippen molar-refractivity contribution >= 4 is 10.8 Å². The summed E-state index contributed by atoms with van der Waals surface area (Å²) in [5.41, 5.74) is 2.52. The molecule has 0 aliphatic heterocycles. The van der Waals surface area contributed by atoms with Crippen LogP contribution < -0.4 is 5.32 Å². The van der Waals surface area contributed by atoms with Crippen LogP contribution in [0.3, 0.4) is 0 Å². The molecule has 1 aromatic heterocycles. The molecule has 3 aromatic rings. The van der Waals surface area contributed by atoms with Crippen molar-refractivity contribution in [3.63, 3.8) is 0 Å². The topological polar surface area (TPSA) is 24.9 Å². The first-order valence-electron chi connectivity index (χ1n) is 7.39. The minimum atomic E-state index is 0.278. The molecule has 2 aromatic carbocycles. The summed E-state index contributed by atoms with van der Waals surface area (Å²) in [6.45, 7) is 4.38. The van der Waals surface area contributed by atoms with Crippen molar-refractivity contribution in [2.24, 2.45) is 0 Å². The normalized spacial score (nSPS) is 14.0. The third-order valence-corrected chi connectivity index (χ3v) is 3.96. The number of hydrogen-bond donors (Lipinski definition) is 1. The number of benzene rings is 2. The Morgan fingerprint density at radius 2 is 1.57 bits per heavy atom. The Morgan fingerprint density at radius 3 is 2.33 bits per heavy atom. The lowest BCUT2D eigenvalue weighted by Gasteiger charge is -2.21. The van der Waals surface area contributed by atoms with Gasteiger partial charge in [0.05, 0.1) is 0 Å². The predicted octanol–water partition coefficient (Wildman–Crippen LogP) is 4.65. The lowest BCUT2D eigenvalue weighted by atomic mass is 10.0. The maximum Gasteiger partial charge on any atom is 0.0315 e. The summed E-state index contributed by atoms with van der Waals surface area (Å²) in [7, 11) is 0. The number of nitrogens with zero attached hydrogens (tertiary/aromatic N) is 1. The van der Waals surface area contributed by atoms with Crippen LogP contribution in [0.15, 0.2) is 67.0 Å². The van der Waals surface area contributed by atoms with Crippen molar-refractivity contribution in [2.45, 2.75) is 25.9 Å². The number of aromatic nitrogens is 1. The smallest absolute Gasteiger partial charge is 0.0315 e. The van der Waals surface area contributed by atoms with Crippen LogP contribution in [0.2, 0.25) is 0 Å². The van der Waals surface area contributed by atoms with Crippen molar-refractivity contribution < 1.29 is 0 Å². The molecule has 2 heteroatoms. The van der Waals surface area contributed by atoms with Gasteiger partial charge in [-0.25, -0.2) is 0 Å². The van der Waals surface area contributed by atoms with Crippen LogP contribution in [-0.2, 0) is 0 Å². The van der Waals surface area contributed by atoms with E-state index in [1.165, 1.54) is 21.9 Å². The lowest BCUT2D eigenvalue weighted by Crippen LogP contribution is -2.22. The third-order valence-electron chi connectivity index (χ3n) is 3.96. The van der Waals surface area contributed by atoms with Crippen molar-refractivity contribution in [3.8, 4) is 0 Å². The standard InChI is InChI=1S/C19H20N2/c1-14(21-15(2)19-8-5-11-20-13-19)17-10-9-16-6-3-4-7-18(16)12-17/h3-15,21H,1-2H3. The van der Waals surface area contributed by atoms with Crippen LogP contribution in [0.1, 0.15) is 37.1 Å². The molecule has 3 rings (SSSR count). The molecule has 0 amide bonds. The zero-order valence-corrected chi connectivity index (χ0v) is 12.5. The Bertz CT molecular complexity index is 722. The largest absolute Gasteiger partial charge is 0.304 e. The zero-order chi connectivity index (χ0) is 14.7. The molecule has 2 nitrogen and oxygen atoms in total. The van der Waals surface area contributed by atoms with Gasteiger partial charge in [0.25, 0.3) is 0 Å². The quantitative estimate of drug-likeness (QED) is 0.750. The molecular formula is C19H20N2. The number of nitrogens with one attached hydrogen (secondary N) is 1. The van der Waals surface area contributed by atoms with Crippen molar-refractivity contribution in [1.29, 1.82) is 0 Å². The number of fused-ring (bicyclic) bond motifs is 1. The molecule has 0 saturated heterocycles. The fraction of sp³-hybridized carbons (Fsp3) is 0.211. The van der Waals surface area contributed by atoms with E-state index in [9.17, 15) is 0 Å². The molecule has 21 heavy (non-hydrogen) atoms. The minimum absolute atomic E-state index is 0.278. The summed E-state index contributed by atoms with van der Waals surface area (Å²) in [6, 6.07) is 19.8. The SMILES string of the molecule is CC(NC(C)c1ccc2ccccc2c1)c1cccnc1. The second-order valence-corrected chi connectivity index (χ2v) is 5.50. The fourth-order valence-corrected chi connectivity index (χ4v) is 2.68. The van der Waals surface area contributed by atoms with Gasteiger partial charge in [0.15, 0.2) is 0 Å². The monoisotopic (exact) mass is 276 g/mol. The van der Waals surface area contributed by atoms with E-state index in [0.717, 1.165) is 0 Å². The summed E-state index contributed by atoms with van der Waals surface area (Å²) in [5, 5.41) is 6.21. The molecule has 1 N–H and O–H groups in total. The summed E-state index contributed by atoms with van der Waals surface area (Å²) < 4.78 is 0. The summed E-state index contributed by atoms with van der Waals surface area (Å²) >= 11 is 0. The van der Waals surface area contributed by atoms with Crippen LogP contribution in [-0.4, -0.2) is 4.98 Å². The molecule has 0 bridgehead atoms. The first kappa shape index (κ1) is 13.8. The average molecular weight is 276 g/mol. The Balaban J connectivity index is 1.79. The first-order chi connectivity index (χ1) is 10.2. The van der Waals surface area contributed by atoms with E-state index in [4.69, 9.17) is 0 Å². The second kappa shape index (κ2) is 6.06. The minimum Gasteiger partial charge on any atom is -0.304 e. The highest BCUT2D eigenvalue weighted by Gasteiger charge is 2.11. The molecule has 2 unspecified atom stereocenters. The van der Waals surface area contributed by atoms with Gasteiger partial charge in [-0.05, 0) is 47.9 Å². The summed E-state index contributed by atoms with van der Waals surface area (Å²) in [6.07, 6.45) is 3.73. The lowest BCUT2D eigenvalue weighted by molar-refractivity contribution is 0.494. The van der Waals surface area contributed by atoms with E-state index in [1.807, 2.05) is 18.5 Å². The maximum absolute atomic E-state index is 4.19. The van der Waals surface area contributed by atoms with E-state index in [0.29, 0.717) is 6.04 Å². The van der Waals surface area contributed by atoms with Crippen molar-refractivity contribution in [3.05, 3.63) is 78.1 Å². The van der Waals surface area contributed by atoms with Gasteiger partial charge in [0.1, 0.15) is 0 Å². The fourth-order valence-electron chi connectivity index (χ4n) is 2.68. The predicted molar refractivity (Wildman–Crippen MR) is 88.2 cm³/mol. The van der Waals surface area contributed by atoms with Crippen LogP contribution in [0.25, 0.3) is 10.8 Å². The number of pyridine rings is 1. The van der Waals surface area contributed by atoms with E-state index in [2.05, 4.69) is 72.7 Å². The molecule has 1 heterocycles. The van der Waals surface area contributed by atoms with Gasteiger partial charge < -0.3 is 5.32 Å². The van der Waals surface area contributed by atoms with Gasteiger partial charge in [0, 0.05) is 24.5 Å². The van der Waals surface area contributed by atoms with E-state index in [-0.39, 0.29) is 6.04 Å². The maximum atomic E-state index is 4.19. The molecule has 0 saturated carbocycles. The zero-order valence-electron chi connectivity index (χ0n) is 12.5. The Labute approximate surface area is 125 Å². The Hall–Kier alpha value is -2.19. The molecule has 106 valence electrons. The molecule has 0 fully saturated rings. The van der Waals surface area contributed by atoms with Crippen molar-refractivity contribution in [1.82, 2.24) is 10.3 Å². The number of rotatable bonds is 4. The molecule has 2 atom stereocenters. The molecule has 0 aliphatic rings. The van der Waals surface area contributed by atoms with Gasteiger partial charge >= 0.3 is 0 Å². The van der Waals surface area contributed by atoms with Gasteiger partial charge in [-0.3, -0.25) is 4.98 Å². The average Bonchev–Trinajstić information content (AvgIpc) is 2.55. The third kappa shape index (κ3) is 3.11. The Kier molecular flexibility index (Phi) is 3.98. The van der Waals surface area contributed by atoms with Crippen molar-refractivity contribution in [2.75, 3.05) is 0 Å². The highest BCUT2D eigenvalue weighted by molar-refractivity contribution is 5.83. The van der Waals surface area contributed by atoms with Gasteiger partial charge in [-0.1, -0.05) is 42.5 Å². The van der Waals surface area contributed by atoms with Gasteiger partial charge in [0.2, 0.25) is 0 Å². The van der Waals surface area contributed by atoms with Crippen LogP contribution in [0.5, 0.6) is 0 Å². The van der Waals surface area contributed by atoms with Crippen LogP contribution >= 0.6 is 0 Å². The summed E-state index contributed by atoms with van der Waals surface area (Å²) in [5.74, 6) is 0. The van der Waals surface area contributed by atoms with Crippen LogP contribution in [0, 0.1) is 0 Å². The van der Waals surface area contributed by atoms with E-state index >= 15 is 0 Å². The van der Waals surface area contributed by atoms with Crippen LogP contribution in [0.4, 0.5) is 0 Å². The second-order valence-electron chi connectivity index (χ2n) is 5.50. The summed E-state index contributed by atoms with van der Waals surface area (Å²) in [4.78, 5) is 4.19. The highest BCUT2D eigenvalue weighted by atomic mass is 14.9. The molecular weight excluding hydrogens is 256 g/mol. The van der Waals surface area contributed by atoms with Gasteiger partial charge in [-0.2, -0.15) is 0 Å². The van der Waals surface area contributed by atoms with E-state index < -0.39 is 0 Å². The molecule has 0 spiro atoms. The molecule has 0 radical (unpaired) electrons.